The number of aliphatic carboxylic acids is 1. The predicted molar refractivity (Wildman–Crippen MR) is 102 cm³/mol. The lowest BCUT2D eigenvalue weighted by molar-refractivity contribution is -0.138. The van der Waals surface area contributed by atoms with Gasteiger partial charge in [0.05, 0.1) is 5.39 Å². The van der Waals surface area contributed by atoms with Crippen molar-refractivity contribution in [3.05, 3.63) is 41.0 Å². The zero-order valence-electron chi connectivity index (χ0n) is 14.7. The van der Waals surface area contributed by atoms with Gasteiger partial charge in [0.15, 0.2) is 0 Å². The van der Waals surface area contributed by atoms with Gasteiger partial charge >= 0.3 is 5.97 Å². The molecule has 0 saturated carbocycles. The molecule has 130 valence electrons. The minimum atomic E-state index is -0.885. The van der Waals surface area contributed by atoms with Crippen molar-refractivity contribution < 1.29 is 9.90 Å². The van der Waals surface area contributed by atoms with Crippen LogP contribution in [0.5, 0.6) is 0 Å². The highest BCUT2D eigenvalue weighted by molar-refractivity contribution is 7.17. The number of aromatic nitrogens is 2. The summed E-state index contributed by atoms with van der Waals surface area (Å²) in [6, 6.07) is 5.62. The van der Waals surface area contributed by atoms with Crippen LogP contribution in [-0.4, -0.2) is 27.1 Å². The maximum atomic E-state index is 11.6. The normalized spacial score (nSPS) is 12.5. The van der Waals surface area contributed by atoms with Gasteiger partial charge in [-0.1, -0.05) is 32.0 Å². The fourth-order valence-corrected chi connectivity index (χ4v) is 3.68. The highest BCUT2D eigenvalue weighted by atomic mass is 32.1. The maximum Gasteiger partial charge on any atom is 0.326 e. The Morgan fingerprint density at radius 2 is 1.96 bits per heavy atom. The van der Waals surface area contributed by atoms with E-state index in [0.29, 0.717) is 5.82 Å². The molecule has 25 heavy (non-hydrogen) atoms. The van der Waals surface area contributed by atoms with E-state index in [1.165, 1.54) is 28.8 Å². The Morgan fingerprint density at radius 3 is 2.60 bits per heavy atom. The molecule has 0 aliphatic rings. The lowest BCUT2D eigenvalue weighted by atomic mass is 10.00. The van der Waals surface area contributed by atoms with Crippen LogP contribution in [0.4, 0.5) is 5.82 Å². The number of aryl methyl sites for hydroxylation is 2. The van der Waals surface area contributed by atoms with E-state index in [0.717, 1.165) is 21.3 Å². The van der Waals surface area contributed by atoms with Crippen LogP contribution in [-0.2, 0) is 4.79 Å². The summed E-state index contributed by atoms with van der Waals surface area (Å²) in [6.45, 7) is 7.92. The van der Waals surface area contributed by atoms with Gasteiger partial charge in [0, 0.05) is 10.9 Å². The van der Waals surface area contributed by atoms with Crippen LogP contribution in [0.15, 0.2) is 29.9 Å². The molecule has 2 aromatic heterocycles. The standard InChI is InChI=1S/C19H21N3O2S/c1-10(2)16(19(23)24)22-17-15-14(8-25-18(15)21-9-20-17)13-6-5-11(3)12(4)7-13/h5-10,16H,1-4H3,(H,23,24)(H,20,21,22). The molecule has 1 aromatic carbocycles. The molecule has 0 saturated heterocycles. The van der Waals surface area contributed by atoms with Gasteiger partial charge in [-0.25, -0.2) is 14.8 Å². The molecule has 6 heteroatoms. The van der Waals surface area contributed by atoms with Crippen LogP contribution in [0.25, 0.3) is 21.3 Å². The van der Waals surface area contributed by atoms with E-state index >= 15 is 0 Å². The van der Waals surface area contributed by atoms with Crippen molar-refractivity contribution in [1.29, 1.82) is 0 Å². The number of anilines is 1. The lowest BCUT2D eigenvalue weighted by Crippen LogP contribution is -2.34. The average molecular weight is 355 g/mol. The SMILES string of the molecule is Cc1ccc(-c2csc3ncnc(NC(C(=O)O)C(C)C)c23)cc1C. The van der Waals surface area contributed by atoms with E-state index in [4.69, 9.17) is 0 Å². The van der Waals surface area contributed by atoms with Gasteiger partial charge in [0.1, 0.15) is 23.0 Å². The quantitative estimate of drug-likeness (QED) is 0.705. The van der Waals surface area contributed by atoms with Crippen molar-refractivity contribution in [3.63, 3.8) is 0 Å². The molecule has 0 aliphatic carbocycles. The minimum absolute atomic E-state index is 0.0637. The largest absolute Gasteiger partial charge is 0.480 e. The molecule has 0 radical (unpaired) electrons. The first-order chi connectivity index (χ1) is 11.9. The van der Waals surface area contributed by atoms with Crippen LogP contribution >= 0.6 is 11.3 Å². The second-order valence-electron chi connectivity index (χ2n) is 6.56. The second-order valence-corrected chi connectivity index (χ2v) is 7.41. The van der Waals surface area contributed by atoms with E-state index in [1.54, 1.807) is 0 Å². The molecule has 3 aromatic rings. The van der Waals surface area contributed by atoms with Gasteiger partial charge in [0.2, 0.25) is 0 Å². The predicted octanol–water partition coefficient (Wildman–Crippen LogP) is 4.50. The summed E-state index contributed by atoms with van der Waals surface area (Å²) in [5, 5.41) is 15.5. The first-order valence-electron chi connectivity index (χ1n) is 8.17. The Balaban J connectivity index is 2.13. The Kier molecular flexibility index (Phi) is 4.72. The summed E-state index contributed by atoms with van der Waals surface area (Å²) in [6.07, 6.45) is 1.48. The fraction of sp³-hybridized carbons (Fsp3) is 0.316. The van der Waals surface area contributed by atoms with E-state index < -0.39 is 12.0 Å². The third kappa shape index (κ3) is 3.35. The number of rotatable bonds is 5. The molecule has 0 aliphatic heterocycles. The molecule has 1 atom stereocenters. The van der Waals surface area contributed by atoms with Crippen LogP contribution < -0.4 is 5.32 Å². The zero-order valence-corrected chi connectivity index (χ0v) is 15.5. The summed E-state index contributed by atoms with van der Waals surface area (Å²) < 4.78 is 0. The molecular formula is C19H21N3O2S. The van der Waals surface area contributed by atoms with Crippen molar-refractivity contribution in [3.8, 4) is 11.1 Å². The van der Waals surface area contributed by atoms with Gasteiger partial charge in [-0.2, -0.15) is 0 Å². The number of hydrogen-bond acceptors (Lipinski definition) is 5. The summed E-state index contributed by atoms with van der Waals surface area (Å²) in [5.74, 6) is -0.378. The van der Waals surface area contributed by atoms with Gasteiger partial charge in [0.25, 0.3) is 0 Å². The molecule has 1 unspecified atom stereocenters. The van der Waals surface area contributed by atoms with Crippen LogP contribution in [0, 0.1) is 19.8 Å². The number of fused-ring (bicyclic) bond motifs is 1. The number of benzene rings is 1. The van der Waals surface area contributed by atoms with Crippen molar-refractivity contribution in [2.24, 2.45) is 5.92 Å². The number of carbonyl (C=O) groups is 1. The summed E-state index contributed by atoms with van der Waals surface area (Å²) in [7, 11) is 0. The second kappa shape index (κ2) is 6.80. The fourth-order valence-electron chi connectivity index (χ4n) is 2.77. The highest BCUT2D eigenvalue weighted by Gasteiger charge is 2.23. The molecule has 5 nitrogen and oxygen atoms in total. The lowest BCUT2D eigenvalue weighted by Gasteiger charge is -2.19. The van der Waals surface area contributed by atoms with E-state index in [-0.39, 0.29) is 5.92 Å². The first kappa shape index (κ1) is 17.4. The summed E-state index contributed by atoms with van der Waals surface area (Å²) in [4.78, 5) is 21.1. The molecule has 0 spiro atoms. The van der Waals surface area contributed by atoms with E-state index in [1.807, 2.05) is 13.8 Å². The molecular weight excluding hydrogens is 334 g/mol. The van der Waals surface area contributed by atoms with Crippen molar-refractivity contribution in [1.82, 2.24) is 9.97 Å². The zero-order chi connectivity index (χ0) is 18.1. The van der Waals surface area contributed by atoms with Crippen LogP contribution in [0.1, 0.15) is 25.0 Å². The number of hydrogen-bond donors (Lipinski definition) is 2. The minimum Gasteiger partial charge on any atom is -0.480 e. The third-order valence-electron chi connectivity index (χ3n) is 4.41. The highest BCUT2D eigenvalue weighted by Crippen LogP contribution is 2.37. The summed E-state index contributed by atoms with van der Waals surface area (Å²) in [5.41, 5.74) is 4.57. The van der Waals surface area contributed by atoms with Crippen LogP contribution in [0.3, 0.4) is 0 Å². The van der Waals surface area contributed by atoms with Crippen molar-refractivity contribution in [2.45, 2.75) is 33.7 Å². The van der Waals surface area contributed by atoms with E-state index in [9.17, 15) is 9.90 Å². The first-order valence-corrected chi connectivity index (χ1v) is 9.05. The number of nitrogens with zero attached hydrogens (tertiary/aromatic N) is 2. The van der Waals surface area contributed by atoms with Gasteiger partial charge < -0.3 is 10.4 Å². The Bertz CT molecular complexity index is 934. The Labute approximate surface area is 150 Å². The van der Waals surface area contributed by atoms with Crippen molar-refractivity contribution >= 4 is 33.3 Å². The summed E-state index contributed by atoms with van der Waals surface area (Å²) >= 11 is 1.54. The van der Waals surface area contributed by atoms with Gasteiger partial charge in [-0.3, -0.25) is 0 Å². The molecule has 2 N–H and O–H groups in total. The number of carboxylic acids is 1. The number of thiophene rings is 1. The average Bonchev–Trinajstić information content (AvgIpc) is 2.99. The molecule has 0 bridgehead atoms. The third-order valence-corrected chi connectivity index (χ3v) is 5.30. The Morgan fingerprint density at radius 1 is 1.20 bits per heavy atom. The smallest absolute Gasteiger partial charge is 0.326 e. The number of nitrogens with one attached hydrogen (secondary N) is 1. The van der Waals surface area contributed by atoms with Crippen molar-refractivity contribution in [2.75, 3.05) is 5.32 Å². The van der Waals surface area contributed by atoms with Gasteiger partial charge in [-0.05, 0) is 36.5 Å². The number of carboxylic acid groups (broad SMARTS) is 1. The maximum absolute atomic E-state index is 11.6. The van der Waals surface area contributed by atoms with Gasteiger partial charge in [-0.15, -0.1) is 11.3 Å². The van der Waals surface area contributed by atoms with Crippen LogP contribution in [0.2, 0.25) is 0 Å². The Hall–Kier alpha value is -2.47. The topological polar surface area (TPSA) is 75.1 Å². The molecule has 3 rings (SSSR count). The molecule has 2 heterocycles. The van der Waals surface area contributed by atoms with E-state index in [2.05, 4.69) is 52.7 Å². The molecule has 0 fully saturated rings. The molecule has 0 amide bonds. The monoisotopic (exact) mass is 355 g/mol.